The van der Waals surface area contributed by atoms with Crippen LogP contribution in [-0.2, 0) is 10.0 Å². The minimum atomic E-state index is -3.24. The number of rotatable bonds is 3. The van der Waals surface area contributed by atoms with Gasteiger partial charge >= 0.3 is 0 Å². The molecule has 116 valence electrons. The van der Waals surface area contributed by atoms with E-state index >= 15 is 0 Å². The van der Waals surface area contributed by atoms with Crippen LogP contribution in [0.3, 0.4) is 0 Å². The topological polar surface area (TPSA) is 90.5 Å². The van der Waals surface area contributed by atoms with Crippen molar-refractivity contribution in [2.75, 3.05) is 24.2 Å². The zero-order valence-electron chi connectivity index (χ0n) is 12.2. The molecule has 1 aliphatic rings. The van der Waals surface area contributed by atoms with Gasteiger partial charge in [-0.1, -0.05) is 6.07 Å². The molecule has 0 spiro atoms. The van der Waals surface area contributed by atoms with Crippen molar-refractivity contribution in [3.63, 3.8) is 0 Å². The van der Waals surface area contributed by atoms with E-state index in [4.69, 9.17) is 0 Å². The molecule has 3 rings (SSSR count). The van der Waals surface area contributed by atoms with Crippen LogP contribution in [-0.4, -0.2) is 43.2 Å². The van der Waals surface area contributed by atoms with Gasteiger partial charge in [0.15, 0.2) is 11.5 Å². The fraction of sp³-hybridized carbons (Fsp3) is 0.429. The van der Waals surface area contributed by atoms with E-state index in [1.165, 1.54) is 0 Å². The highest BCUT2D eigenvalue weighted by molar-refractivity contribution is 7.88. The normalized spacial score (nSPS) is 19.3. The number of pyridine rings is 1. The van der Waals surface area contributed by atoms with Gasteiger partial charge in [0.25, 0.3) is 0 Å². The summed E-state index contributed by atoms with van der Waals surface area (Å²) < 4.78 is 27.2. The van der Waals surface area contributed by atoms with Crippen LogP contribution in [0.2, 0.25) is 0 Å². The summed E-state index contributed by atoms with van der Waals surface area (Å²) in [6.45, 7) is 1.28. The van der Waals surface area contributed by atoms with Gasteiger partial charge in [-0.15, -0.1) is 0 Å². The van der Waals surface area contributed by atoms with Crippen LogP contribution in [0, 0.1) is 11.3 Å². The van der Waals surface area contributed by atoms with Gasteiger partial charge < -0.3 is 4.90 Å². The molecule has 1 N–H and O–H groups in total. The van der Waals surface area contributed by atoms with Crippen LogP contribution in [0.15, 0.2) is 24.4 Å². The molecule has 1 saturated heterocycles. The van der Waals surface area contributed by atoms with Crippen molar-refractivity contribution in [2.24, 2.45) is 0 Å². The number of hydrogen-bond acceptors (Lipinski definition) is 5. The average Bonchev–Trinajstić information content (AvgIpc) is 2.84. The molecular weight excluding hydrogens is 302 g/mol. The first kappa shape index (κ1) is 14.8. The van der Waals surface area contributed by atoms with Crippen LogP contribution >= 0.6 is 0 Å². The summed E-state index contributed by atoms with van der Waals surface area (Å²) in [4.78, 5) is 6.51. The fourth-order valence-corrected chi connectivity index (χ4v) is 3.67. The highest BCUT2D eigenvalue weighted by Gasteiger charge is 2.26. The van der Waals surface area contributed by atoms with Gasteiger partial charge in [0.1, 0.15) is 11.7 Å². The summed E-state index contributed by atoms with van der Waals surface area (Å²) in [6, 6.07) is 7.62. The van der Waals surface area contributed by atoms with Crippen molar-refractivity contribution >= 4 is 21.5 Å². The molecule has 0 radical (unpaired) electrons. The maximum absolute atomic E-state index is 11.4. The summed E-state index contributed by atoms with van der Waals surface area (Å²) in [6.07, 6.45) is 4.61. The Morgan fingerprint density at radius 1 is 1.45 bits per heavy atom. The number of aromatic nitrogens is 2. The van der Waals surface area contributed by atoms with E-state index in [-0.39, 0.29) is 6.04 Å². The van der Waals surface area contributed by atoms with Crippen LogP contribution in [0.5, 0.6) is 0 Å². The molecule has 2 aromatic rings. The lowest BCUT2D eigenvalue weighted by atomic mass is 10.1. The minimum absolute atomic E-state index is 0.153. The Morgan fingerprint density at radius 2 is 2.27 bits per heavy atom. The highest BCUT2D eigenvalue weighted by atomic mass is 32.2. The molecular formula is C14H17N5O2S. The second-order valence-electron chi connectivity index (χ2n) is 5.50. The van der Waals surface area contributed by atoms with Crippen LogP contribution in [0.1, 0.15) is 18.5 Å². The molecule has 0 saturated carbocycles. The number of hydrogen-bond donors (Lipinski definition) is 1. The monoisotopic (exact) mass is 319 g/mol. The third-order valence-electron chi connectivity index (χ3n) is 3.72. The predicted molar refractivity (Wildman–Crippen MR) is 83.1 cm³/mol. The third-order valence-corrected chi connectivity index (χ3v) is 4.48. The van der Waals surface area contributed by atoms with E-state index in [0.29, 0.717) is 23.7 Å². The lowest BCUT2D eigenvalue weighted by molar-refractivity contribution is 0.466. The Balaban J connectivity index is 1.92. The lowest BCUT2D eigenvalue weighted by Crippen LogP contribution is -2.47. The number of anilines is 1. The van der Waals surface area contributed by atoms with Crippen LogP contribution in [0.4, 0.5) is 5.82 Å². The molecule has 2 aromatic heterocycles. The van der Waals surface area contributed by atoms with Gasteiger partial charge in [0, 0.05) is 25.3 Å². The highest BCUT2D eigenvalue weighted by Crippen LogP contribution is 2.24. The number of fused-ring (bicyclic) bond motifs is 1. The molecule has 0 aromatic carbocycles. The molecule has 1 fully saturated rings. The maximum Gasteiger partial charge on any atom is 0.209 e. The van der Waals surface area contributed by atoms with Crippen molar-refractivity contribution in [3.05, 3.63) is 30.1 Å². The standard InChI is InChI=1S/C14H17N5O2S/c1-22(20,21)17-11-5-4-7-18(10-11)14-12(9-15)19-8-3-2-6-13(19)16-14/h2-3,6,8,11,17H,4-5,7,10H2,1H3/t11-/m1/s1. The Morgan fingerprint density at radius 3 is 3.00 bits per heavy atom. The van der Waals surface area contributed by atoms with E-state index in [9.17, 15) is 13.7 Å². The first-order valence-electron chi connectivity index (χ1n) is 7.07. The van der Waals surface area contributed by atoms with Gasteiger partial charge in [0.2, 0.25) is 10.0 Å². The number of nitriles is 1. The summed E-state index contributed by atoms with van der Waals surface area (Å²) in [5, 5.41) is 9.44. The summed E-state index contributed by atoms with van der Waals surface area (Å²) in [5.41, 5.74) is 1.20. The molecule has 1 aliphatic heterocycles. The SMILES string of the molecule is CS(=O)(=O)N[C@@H]1CCCN(c2nc3ccccn3c2C#N)C1. The van der Waals surface area contributed by atoms with E-state index in [2.05, 4.69) is 15.8 Å². The number of piperidine rings is 1. The molecule has 1 atom stereocenters. The summed E-state index contributed by atoms with van der Waals surface area (Å²) >= 11 is 0. The largest absolute Gasteiger partial charge is 0.353 e. The van der Waals surface area contributed by atoms with E-state index in [0.717, 1.165) is 25.6 Å². The summed E-state index contributed by atoms with van der Waals surface area (Å²) in [7, 11) is -3.24. The quantitative estimate of drug-likeness (QED) is 0.900. The zero-order valence-corrected chi connectivity index (χ0v) is 13.0. The van der Waals surface area contributed by atoms with Crippen molar-refractivity contribution in [1.82, 2.24) is 14.1 Å². The van der Waals surface area contributed by atoms with Crippen LogP contribution < -0.4 is 9.62 Å². The van der Waals surface area contributed by atoms with Crippen molar-refractivity contribution in [2.45, 2.75) is 18.9 Å². The Kier molecular flexibility index (Phi) is 3.76. The van der Waals surface area contributed by atoms with E-state index in [1.807, 2.05) is 23.1 Å². The number of imidazole rings is 1. The van der Waals surface area contributed by atoms with Crippen molar-refractivity contribution in [1.29, 1.82) is 5.26 Å². The number of nitrogens with zero attached hydrogens (tertiary/aromatic N) is 4. The predicted octanol–water partition coefficient (Wildman–Crippen LogP) is 0.724. The Hall–Kier alpha value is -2.11. The molecule has 0 amide bonds. The number of sulfonamides is 1. The molecule has 7 nitrogen and oxygen atoms in total. The maximum atomic E-state index is 11.4. The first-order valence-corrected chi connectivity index (χ1v) is 8.96. The number of nitrogens with one attached hydrogen (secondary N) is 1. The molecule has 22 heavy (non-hydrogen) atoms. The molecule has 0 aliphatic carbocycles. The summed E-state index contributed by atoms with van der Waals surface area (Å²) in [5.74, 6) is 0.619. The van der Waals surface area contributed by atoms with E-state index in [1.54, 1.807) is 10.6 Å². The van der Waals surface area contributed by atoms with Gasteiger partial charge in [-0.2, -0.15) is 5.26 Å². The fourth-order valence-electron chi connectivity index (χ4n) is 2.88. The molecule has 8 heteroatoms. The molecule has 0 unspecified atom stereocenters. The Labute approximate surface area is 129 Å². The van der Waals surface area contributed by atoms with Gasteiger partial charge in [-0.3, -0.25) is 4.40 Å². The van der Waals surface area contributed by atoms with Gasteiger partial charge in [-0.25, -0.2) is 18.1 Å². The lowest BCUT2D eigenvalue weighted by Gasteiger charge is -2.33. The van der Waals surface area contributed by atoms with Crippen molar-refractivity contribution in [3.8, 4) is 6.07 Å². The van der Waals surface area contributed by atoms with Crippen LogP contribution in [0.25, 0.3) is 5.65 Å². The second kappa shape index (κ2) is 5.59. The smallest absolute Gasteiger partial charge is 0.209 e. The van der Waals surface area contributed by atoms with Gasteiger partial charge in [0.05, 0.1) is 6.26 Å². The average molecular weight is 319 g/mol. The van der Waals surface area contributed by atoms with Gasteiger partial charge in [-0.05, 0) is 25.0 Å². The van der Waals surface area contributed by atoms with Crippen molar-refractivity contribution < 1.29 is 8.42 Å². The van der Waals surface area contributed by atoms with E-state index < -0.39 is 10.0 Å². The molecule has 0 bridgehead atoms. The first-order chi connectivity index (χ1) is 10.5. The zero-order chi connectivity index (χ0) is 15.7. The molecule has 3 heterocycles. The minimum Gasteiger partial charge on any atom is -0.353 e. The second-order valence-corrected chi connectivity index (χ2v) is 7.28. The Bertz CT molecular complexity index is 837. The third kappa shape index (κ3) is 2.91.